The summed E-state index contributed by atoms with van der Waals surface area (Å²) in [4.78, 5) is 29.0. The number of carbonyl (C=O) groups is 2. The Morgan fingerprint density at radius 3 is 2.46 bits per heavy atom. The first kappa shape index (κ1) is 23.6. The molecule has 182 valence electrons. The lowest BCUT2D eigenvalue weighted by Gasteiger charge is -2.08. The number of hydrogen-bond acceptors (Lipinski definition) is 5. The summed E-state index contributed by atoms with van der Waals surface area (Å²) in [6.45, 7) is 0. The predicted molar refractivity (Wildman–Crippen MR) is 143 cm³/mol. The molecule has 7 heteroatoms. The van der Waals surface area contributed by atoms with Crippen molar-refractivity contribution in [2.75, 3.05) is 7.11 Å². The first-order valence-corrected chi connectivity index (χ1v) is 11.6. The van der Waals surface area contributed by atoms with E-state index in [1.54, 1.807) is 48.5 Å². The minimum Gasteiger partial charge on any atom is -0.497 e. The molecule has 0 aliphatic carbocycles. The highest BCUT2D eigenvalue weighted by molar-refractivity contribution is 6.09. The number of H-pyrrole nitrogens is 1. The second-order valence-electron chi connectivity index (χ2n) is 8.15. The Kier molecular flexibility index (Phi) is 6.76. The highest BCUT2D eigenvalue weighted by Crippen LogP contribution is 2.32. The molecule has 0 atom stereocenters. The van der Waals surface area contributed by atoms with Gasteiger partial charge in [-0.05, 0) is 42.0 Å². The normalized spacial score (nSPS) is 10.9. The van der Waals surface area contributed by atoms with Gasteiger partial charge in [-0.3, -0.25) is 4.79 Å². The van der Waals surface area contributed by atoms with Crippen molar-refractivity contribution in [3.63, 3.8) is 0 Å². The van der Waals surface area contributed by atoms with E-state index in [-0.39, 0.29) is 0 Å². The zero-order valence-electron chi connectivity index (χ0n) is 20.0. The van der Waals surface area contributed by atoms with Crippen LogP contribution in [0.3, 0.4) is 0 Å². The Hall–Kier alpha value is -5.17. The van der Waals surface area contributed by atoms with Gasteiger partial charge < -0.3 is 14.5 Å². The zero-order chi connectivity index (χ0) is 25.6. The van der Waals surface area contributed by atoms with Gasteiger partial charge in [0.15, 0.2) is 0 Å². The molecule has 0 fully saturated rings. The van der Waals surface area contributed by atoms with Gasteiger partial charge in [0.25, 0.3) is 5.91 Å². The van der Waals surface area contributed by atoms with Crippen molar-refractivity contribution < 1.29 is 19.1 Å². The minimum atomic E-state index is -0.533. The maximum Gasteiger partial charge on any atom is 0.343 e. The summed E-state index contributed by atoms with van der Waals surface area (Å²) in [7, 11) is 1.53. The molecule has 5 aromatic rings. The maximum atomic E-state index is 13.2. The van der Waals surface area contributed by atoms with Crippen LogP contribution in [-0.4, -0.2) is 30.2 Å². The summed E-state index contributed by atoms with van der Waals surface area (Å²) >= 11 is 0. The molecule has 0 aliphatic rings. The monoisotopic (exact) mass is 489 g/mol. The van der Waals surface area contributed by atoms with E-state index in [4.69, 9.17) is 9.47 Å². The summed E-state index contributed by atoms with van der Waals surface area (Å²) < 4.78 is 10.8. The van der Waals surface area contributed by atoms with Gasteiger partial charge in [0, 0.05) is 22.0 Å². The second-order valence-corrected chi connectivity index (χ2v) is 8.15. The molecule has 1 amide bonds. The lowest BCUT2D eigenvalue weighted by Crippen LogP contribution is -2.19. The van der Waals surface area contributed by atoms with Crippen LogP contribution < -0.4 is 14.9 Å². The van der Waals surface area contributed by atoms with E-state index in [0.29, 0.717) is 28.3 Å². The van der Waals surface area contributed by atoms with Crippen LogP contribution in [0.1, 0.15) is 26.4 Å². The van der Waals surface area contributed by atoms with Gasteiger partial charge in [0.05, 0.1) is 18.9 Å². The van der Waals surface area contributed by atoms with Gasteiger partial charge in [0.2, 0.25) is 0 Å². The number of aromatic nitrogens is 1. The second kappa shape index (κ2) is 10.6. The summed E-state index contributed by atoms with van der Waals surface area (Å²) in [5, 5.41) is 5.08. The highest BCUT2D eigenvalue weighted by Gasteiger charge is 2.19. The number of hydrazone groups is 1. The van der Waals surface area contributed by atoms with Crippen LogP contribution in [0.4, 0.5) is 0 Å². The number of nitrogens with one attached hydrogen (secondary N) is 2. The van der Waals surface area contributed by atoms with Crippen molar-refractivity contribution in [2.24, 2.45) is 5.10 Å². The molecule has 0 bridgehead atoms. The number of methoxy groups -OCH3 is 1. The van der Waals surface area contributed by atoms with Gasteiger partial charge in [0.1, 0.15) is 17.2 Å². The number of esters is 1. The maximum absolute atomic E-state index is 13.2. The van der Waals surface area contributed by atoms with E-state index in [1.165, 1.54) is 13.3 Å². The largest absolute Gasteiger partial charge is 0.497 e. The summed E-state index contributed by atoms with van der Waals surface area (Å²) in [5.41, 5.74) is 6.45. The lowest BCUT2D eigenvalue weighted by molar-refractivity contribution is 0.0733. The van der Waals surface area contributed by atoms with Gasteiger partial charge >= 0.3 is 5.97 Å². The molecule has 0 saturated carbocycles. The molecule has 0 unspecified atom stereocenters. The van der Waals surface area contributed by atoms with E-state index in [0.717, 1.165) is 22.0 Å². The van der Waals surface area contributed by atoms with Crippen LogP contribution in [-0.2, 0) is 0 Å². The molecular weight excluding hydrogens is 466 g/mol. The SMILES string of the molecule is COc1cccc(C(=O)Oc2ccccc2C=NNC(=O)c2[nH]c3ccccc3c2-c2ccccc2)c1. The number of hydrogen-bond donors (Lipinski definition) is 2. The van der Waals surface area contributed by atoms with Crippen molar-refractivity contribution in [1.82, 2.24) is 10.4 Å². The Balaban J connectivity index is 1.37. The summed E-state index contributed by atoms with van der Waals surface area (Å²) in [6, 6.07) is 31.1. The topological polar surface area (TPSA) is 92.8 Å². The molecule has 0 saturated heterocycles. The molecule has 2 N–H and O–H groups in total. The third-order valence-electron chi connectivity index (χ3n) is 5.79. The first-order valence-electron chi connectivity index (χ1n) is 11.6. The Labute approximate surface area is 213 Å². The zero-order valence-corrected chi connectivity index (χ0v) is 20.0. The van der Waals surface area contributed by atoms with E-state index in [9.17, 15) is 9.59 Å². The van der Waals surface area contributed by atoms with E-state index >= 15 is 0 Å². The van der Waals surface area contributed by atoms with Crippen molar-refractivity contribution in [1.29, 1.82) is 0 Å². The number of nitrogens with zero attached hydrogens (tertiary/aromatic N) is 1. The van der Waals surface area contributed by atoms with E-state index < -0.39 is 11.9 Å². The Bertz CT molecular complexity index is 1610. The van der Waals surface area contributed by atoms with Crippen molar-refractivity contribution >= 4 is 29.0 Å². The third-order valence-corrected chi connectivity index (χ3v) is 5.79. The van der Waals surface area contributed by atoms with Gasteiger partial charge in [-0.25, -0.2) is 10.2 Å². The van der Waals surface area contributed by atoms with Crippen molar-refractivity contribution in [3.8, 4) is 22.6 Å². The fourth-order valence-electron chi connectivity index (χ4n) is 4.02. The van der Waals surface area contributed by atoms with E-state index in [2.05, 4.69) is 15.5 Å². The van der Waals surface area contributed by atoms with Crippen LogP contribution in [0.15, 0.2) is 108 Å². The fraction of sp³-hybridized carbons (Fsp3) is 0.0333. The van der Waals surface area contributed by atoms with Crippen LogP contribution in [0.25, 0.3) is 22.0 Å². The molecule has 4 aromatic carbocycles. The number of benzene rings is 4. The number of amides is 1. The van der Waals surface area contributed by atoms with Gasteiger partial charge in [-0.15, -0.1) is 0 Å². The van der Waals surface area contributed by atoms with Crippen LogP contribution in [0.2, 0.25) is 0 Å². The average Bonchev–Trinajstić information content (AvgIpc) is 3.34. The molecule has 0 spiro atoms. The number of ether oxygens (including phenoxy) is 2. The third kappa shape index (κ3) is 5.11. The molecule has 0 aliphatic heterocycles. The van der Waals surface area contributed by atoms with Crippen molar-refractivity contribution in [2.45, 2.75) is 0 Å². The standard InChI is InChI=1S/C30H23N3O4/c1-36-23-14-9-13-21(18-23)30(35)37-26-17-8-5-12-22(26)19-31-33-29(34)28-27(20-10-3-2-4-11-20)24-15-6-7-16-25(24)32-28/h2-19,32H,1H3,(H,33,34). The number of para-hydroxylation sites is 2. The smallest absolute Gasteiger partial charge is 0.343 e. The quantitative estimate of drug-likeness (QED) is 0.130. The van der Waals surface area contributed by atoms with Crippen LogP contribution >= 0.6 is 0 Å². The number of aromatic amines is 1. The summed E-state index contributed by atoms with van der Waals surface area (Å²) in [6.07, 6.45) is 1.44. The number of rotatable bonds is 7. The molecule has 1 aromatic heterocycles. The van der Waals surface area contributed by atoms with Crippen molar-refractivity contribution in [3.05, 3.63) is 120 Å². The average molecular weight is 490 g/mol. The molecule has 37 heavy (non-hydrogen) atoms. The van der Waals surface area contributed by atoms with E-state index in [1.807, 2.05) is 54.6 Å². The molecule has 5 rings (SSSR count). The molecule has 7 nitrogen and oxygen atoms in total. The minimum absolute atomic E-state index is 0.309. The number of fused-ring (bicyclic) bond motifs is 1. The summed E-state index contributed by atoms with van der Waals surface area (Å²) in [5.74, 6) is -0.0608. The molecule has 1 heterocycles. The first-order chi connectivity index (χ1) is 18.1. The highest BCUT2D eigenvalue weighted by atomic mass is 16.5. The number of carbonyl (C=O) groups excluding carboxylic acids is 2. The fourth-order valence-corrected chi connectivity index (χ4v) is 4.02. The predicted octanol–water partition coefficient (Wildman–Crippen LogP) is 5.83. The lowest BCUT2D eigenvalue weighted by atomic mass is 10.0. The van der Waals surface area contributed by atoms with Gasteiger partial charge in [-0.1, -0.05) is 66.7 Å². The molecular formula is C30H23N3O4. The Morgan fingerprint density at radius 1 is 0.865 bits per heavy atom. The van der Waals surface area contributed by atoms with Crippen LogP contribution in [0.5, 0.6) is 11.5 Å². The Morgan fingerprint density at radius 2 is 1.62 bits per heavy atom. The van der Waals surface area contributed by atoms with Gasteiger partial charge in [-0.2, -0.15) is 5.10 Å². The molecule has 0 radical (unpaired) electrons. The van der Waals surface area contributed by atoms with Crippen LogP contribution in [0, 0.1) is 0 Å².